The Bertz CT molecular complexity index is 2170. The summed E-state index contributed by atoms with van der Waals surface area (Å²) < 4.78 is 0. The Labute approximate surface area is 448 Å². The number of allylic oxidation sites excluding steroid dienone is 32. The van der Waals surface area contributed by atoms with Crippen molar-refractivity contribution in [2.75, 3.05) is 0 Å². The quantitative estimate of drug-likeness (QED) is 0.168. The summed E-state index contributed by atoms with van der Waals surface area (Å²) >= 11 is 0. The lowest BCUT2D eigenvalue weighted by Crippen LogP contribution is -2.15. The minimum absolute atomic E-state index is 0. The van der Waals surface area contributed by atoms with E-state index in [1.54, 1.807) is 22.3 Å². The molecule has 0 spiro atoms. The molecule has 17 rings (SSSR count). The van der Waals surface area contributed by atoms with E-state index in [1.165, 1.54) is 89.0 Å². The molecule has 0 amide bonds. The third kappa shape index (κ3) is 14.0. The SMILES string of the molecule is C1=CCC=C1.C1=CCC=C1.CC1=CC2C3C=CC(C3)C2C1.CC1=CC2C3C=CC(C3)C2C1.CC1=CC2CC1C1CC=CC21.CC1=CC2CC1C1CC=CC21.CC1=CC=CC1.CC1C=CC=C1.CC1CCCC1.[CH3+]. The van der Waals surface area contributed by atoms with Crippen molar-refractivity contribution >= 4 is 0 Å². The zero-order valence-electron chi connectivity index (χ0n) is 47.1. The van der Waals surface area contributed by atoms with Crippen molar-refractivity contribution in [3.8, 4) is 0 Å². The molecule has 0 heteroatoms. The highest BCUT2D eigenvalue weighted by Crippen LogP contribution is 2.58. The molecule has 17 aliphatic rings. The van der Waals surface area contributed by atoms with Gasteiger partial charge in [-0.3, -0.25) is 0 Å². The van der Waals surface area contributed by atoms with E-state index in [4.69, 9.17) is 0 Å². The van der Waals surface area contributed by atoms with E-state index in [2.05, 4.69) is 213 Å². The van der Waals surface area contributed by atoms with Gasteiger partial charge in [0.1, 0.15) is 0 Å². The monoisotopic (exact) mass is 976 g/mol. The fraction of sp³-hybridized carbons (Fsp3) is 0.548. The molecule has 0 radical (unpaired) electrons. The summed E-state index contributed by atoms with van der Waals surface area (Å²) in [4.78, 5) is 0. The van der Waals surface area contributed by atoms with E-state index >= 15 is 0 Å². The van der Waals surface area contributed by atoms with Crippen LogP contribution in [0.25, 0.3) is 0 Å². The topological polar surface area (TPSA) is 0 Å². The van der Waals surface area contributed by atoms with Gasteiger partial charge in [0.25, 0.3) is 0 Å². The molecule has 17 aliphatic carbocycles. The van der Waals surface area contributed by atoms with Gasteiger partial charge >= 0.3 is 0 Å². The van der Waals surface area contributed by atoms with Gasteiger partial charge in [-0.15, -0.1) is 0 Å². The first-order valence-electron chi connectivity index (χ1n) is 29.8. The summed E-state index contributed by atoms with van der Waals surface area (Å²) in [6.07, 6.45) is 81.9. The third-order valence-electron chi connectivity index (χ3n) is 20.0. The standard InChI is InChI=1S/4C11H14.C6H12.2C6H8.2C5H6.CH3/c2*1-7-4-10-8-2-3-9(6-8)11(10)5-7;2*1-7-5-8-6-11(7)10-4-2-3-9(8)10;3*1-6-4-2-3-5-6;2*1-2-4-5-3-1;/h2*2-4,8-11H,5-6H2,1H3;2*2-3,5,8-11H,4,6H2,1H3;6H,2-5H2,1H3;2-4H,5H2,1H3;2-6H,1H3;2*1-4H,5H2;1H3/q;;;;;;;;;+1. The Morgan fingerprint density at radius 3 is 1.15 bits per heavy atom. The van der Waals surface area contributed by atoms with Crippen LogP contribution in [-0.2, 0) is 0 Å². The summed E-state index contributed by atoms with van der Waals surface area (Å²) in [6.45, 7) is 15.9. The van der Waals surface area contributed by atoms with E-state index in [0.717, 1.165) is 113 Å². The van der Waals surface area contributed by atoms with Gasteiger partial charge in [0.2, 0.25) is 0 Å². The number of rotatable bonds is 0. The van der Waals surface area contributed by atoms with Crippen molar-refractivity contribution in [2.45, 2.75) is 145 Å². The normalized spacial score (nSPS) is 38.8. The Hall–Kier alpha value is -4.29. The molecule has 0 saturated heterocycles. The molecule has 5 fully saturated rings. The van der Waals surface area contributed by atoms with Gasteiger partial charge in [-0.1, -0.05) is 231 Å². The van der Waals surface area contributed by atoms with Gasteiger partial charge < -0.3 is 0 Å². The average molecular weight is 977 g/mol. The molecule has 0 aromatic rings. The maximum absolute atomic E-state index is 2.53. The van der Waals surface area contributed by atoms with Gasteiger partial charge in [0.15, 0.2) is 0 Å². The third-order valence-corrected chi connectivity index (χ3v) is 20.0. The van der Waals surface area contributed by atoms with Crippen LogP contribution < -0.4 is 0 Å². The van der Waals surface area contributed by atoms with Gasteiger partial charge in [-0.05, 0) is 212 Å². The van der Waals surface area contributed by atoms with E-state index in [1.807, 2.05) is 0 Å². The molecular weight excluding hydrogens is 877 g/mol. The van der Waals surface area contributed by atoms with Gasteiger partial charge in [-0.2, -0.15) is 0 Å². The van der Waals surface area contributed by atoms with Crippen LogP contribution in [0.1, 0.15) is 145 Å². The molecule has 0 aromatic heterocycles. The summed E-state index contributed by atoms with van der Waals surface area (Å²) in [5, 5.41) is 0. The van der Waals surface area contributed by atoms with Crippen LogP contribution in [-0.4, -0.2) is 0 Å². The minimum atomic E-state index is 0. The Balaban J connectivity index is 0.000000112. The highest BCUT2D eigenvalue weighted by Gasteiger charge is 2.49. The van der Waals surface area contributed by atoms with Crippen LogP contribution in [0.4, 0.5) is 0 Å². The van der Waals surface area contributed by atoms with Crippen molar-refractivity contribution in [2.24, 2.45) is 107 Å². The molecule has 0 nitrogen and oxygen atoms in total. The maximum Gasteiger partial charge on any atom is 0.0467 e. The Morgan fingerprint density at radius 2 is 0.836 bits per heavy atom. The fourth-order valence-corrected chi connectivity index (χ4v) is 16.3. The minimum Gasteiger partial charge on any atom is -0.0879 e. The number of hydrogen-bond acceptors (Lipinski definition) is 0. The summed E-state index contributed by atoms with van der Waals surface area (Å²) in [7, 11) is 0. The molecular formula is C73H99+. The predicted molar refractivity (Wildman–Crippen MR) is 319 cm³/mol. The second kappa shape index (κ2) is 26.5. The molecule has 0 N–H and O–H groups in total. The second-order valence-corrected chi connectivity index (χ2v) is 25.3. The molecule has 8 bridgehead atoms. The highest BCUT2D eigenvalue weighted by atomic mass is 14.5. The smallest absolute Gasteiger partial charge is 0.0467 e. The van der Waals surface area contributed by atoms with Crippen molar-refractivity contribution in [1.82, 2.24) is 0 Å². The molecule has 0 aliphatic heterocycles. The lowest BCUT2D eigenvalue weighted by molar-refractivity contribution is 0.384. The van der Waals surface area contributed by atoms with Crippen molar-refractivity contribution < 1.29 is 0 Å². The van der Waals surface area contributed by atoms with E-state index in [0.29, 0.717) is 5.92 Å². The molecule has 73 heavy (non-hydrogen) atoms. The van der Waals surface area contributed by atoms with Crippen LogP contribution in [0.2, 0.25) is 0 Å². The van der Waals surface area contributed by atoms with Crippen molar-refractivity contribution in [1.29, 1.82) is 0 Å². The maximum atomic E-state index is 2.53. The van der Waals surface area contributed by atoms with E-state index in [-0.39, 0.29) is 7.43 Å². The van der Waals surface area contributed by atoms with Crippen LogP contribution in [0.3, 0.4) is 0 Å². The van der Waals surface area contributed by atoms with Crippen LogP contribution in [0, 0.1) is 114 Å². The van der Waals surface area contributed by atoms with Crippen LogP contribution in [0.15, 0.2) is 192 Å². The first-order valence-corrected chi connectivity index (χ1v) is 29.8. The summed E-state index contributed by atoms with van der Waals surface area (Å²) in [6, 6.07) is 0. The van der Waals surface area contributed by atoms with E-state index in [9.17, 15) is 0 Å². The number of fused-ring (bicyclic) bond motifs is 20. The van der Waals surface area contributed by atoms with Crippen LogP contribution >= 0.6 is 0 Å². The molecule has 0 heterocycles. The van der Waals surface area contributed by atoms with Gasteiger partial charge in [0, 0.05) is 7.43 Å². The largest absolute Gasteiger partial charge is 0.0879 e. The molecule has 5 saturated carbocycles. The second-order valence-electron chi connectivity index (χ2n) is 25.3. The van der Waals surface area contributed by atoms with Crippen LogP contribution in [0.5, 0.6) is 0 Å². The summed E-state index contributed by atoms with van der Waals surface area (Å²) in [5.74, 6) is 17.0. The fourth-order valence-electron chi connectivity index (χ4n) is 16.3. The Morgan fingerprint density at radius 1 is 0.384 bits per heavy atom. The Kier molecular flexibility index (Phi) is 19.9. The highest BCUT2D eigenvalue weighted by molar-refractivity contribution is 5.30. The van der Waals surface area contributed by atoms with Gasteiger partial charge in [-0.25, -0.2) is 0 Å². The van der Waals surface area contributed by atoms with Crippen molar-refractivity contribution in [3.63, 3.8) is 0 Å². The molecule has 0 aromatic carbocycles. The first kappa shape index (κ1) is 55.0. The predicted octanol–water partition coefficient (Wildman–Crippen LogP) is 20.4. The number of hydrogen-bond donors (Lipinski definition) is 0. The molecule has 390 valence electrons. The lowest BCUT2D eigenvalue weighted by Gasteiger charge is -2.22. The zero-order valence-corrected chi connectivity index (χ0v) is 47.1. The molecule has 16 unspecified atom stereocenters. The molecule has 16 atom stereocenters. The average Bonchev–Trinajstić information content (AvgIpc) is 4.18. The van der Waals surface area contributed by atoms with Crippen molar-refractivity contribution in [3.05, 3.63) is 199 Å². The lowest BCUT2D eigenvalue weighted by atomic mass is 9.82. The summed E-state index contributed by atoms with van der Waals surface area (Å²) in [5.41, 5.74) is 8.10. The zero-order chi connectivity index (χ0) is 50.0. The van der Waals surface area contributed by atoms with E-state index < -0.39 is 0 Å². The van der Waals surface area contributed by atoms with Gasteiger partial charge in [0.05, 0.1) is 0 Å². The first-order chi connectivity index (χ1) is 35.1.